The molecular weight excluding hydrogens is 290 g/mol. The Labute approximate surface area is 127 Å². The molecule has 7 heteroatoms. The van der Waals surface area contributed by atoms with E-state index < -0.39 is 0 Å². The zero-order valence-corrected chi connectivity index (χ0v) is 12.0. The summed E-state index contributed by atoms with van der Waals surface area (Å²) in [4.78, 5) is 15.7. The highest BCUT2D eigenvalue weighted by molar-refractivity contribution is 6.33. The van der Waals surface area contributed by atoms with Crippen molar-refractivity contribution in [1.82, 2.24) is 9.55 Å². The second-order valence-electron chi connectivity index (χ2n) is 4.44. The molecule has 0 saturated carbocycles. The number of nitriles is 1. The highest BCUT2D eigenvalue weighted by Gasteiger charge is 2.06. The Morgan fingerprint density at radius 2 is 2.33 bits per heavy atom. The number of aryl methyl sites for hydroxylation is 1. The van der Waals surface area contributed by atoms with Crippen LogP contribution in [0, 0.1) is 11.3 Å². The van der Waals surface area contributed by atoms with Crippen molar-refractivity contribution in [1.29, 1.82) is 5.26 Å². The number of halogens is 1. The third-order valence-corrected chi connectivity index (χ3v) is 3.24. The van der Waals surface area contributed by atoms with Gasteiger partial charge in [-0.3, -0.25) is 4.79 Å². The van der Waals surface area contributed by atoms with E-state index in [9.17, 15) is 4.79 Å². The molecule has 0 aliphatic heterocycles. The molecule has 1 amide bonds. The molecule has 0 atom stereocenters. The Kier molecular flexibility index (Phi) is 4.80. The van der Waals surface area contributed by atoms with Crippen LogP contribution in [0.2, 0.25) is 5.02 Å². The average Bonchev–Trinajstić information content (AvgIpc) is 2.90. The van der Waals surface area contributed by atoms with Gasteiger partial charge in [-0.05, 0) is 24.6 Å². The largest absolute Gasteiger partial charge is 0.397 e. The van der Waals surface area contributed by atoms with E-state index in [1.807, 2.05) is 6.07 Å². The maximum Gasteiger partial charge on any atom is 0.224 e. The molecule has 0 bridgehead atoms. The standard InChI is InChI=1S/C14H14ClN5O/c15-11-4-3-10(8-12(11)17)19-14(21)2-1-6-20-7-5-18-13(20)9-16/h3-5,7-8H,1-2,6,17H2,(H,19,21). The number of carbonyl (C=O) groups is 1. The van der Waals surface area contributed by atoms with Crippen LogP contribution >= 0.6 is 11.6 Å². The number of anilines is 2. The Hall–Kier alpha value is -2.52. The van der Waals surface area contributed by atoms with Crippen LogP contribution in [0.25, 0.3) is 0 Å². The summed E-state index contributed by atoms with van der Waals surface area (Å²) in [5, 5.41) is 12.0. The number of hydrogen-bond donors (Lipinski definition) is 2. The molecule has 0 aliphatic rings. The molecule has 21 heavy (non-hydrogen) atoms. The minimum absolute atomic E-state index is 0.115. The molecule has 2 aromatic rings. The number of nitrogen functional groups attached to an aromatic ring is 1. The third kappa shape index (κ3) is 3.97. The van der Waals surface area contributed by atoms with Gasteiger partial charge in [0.1, 0.15) is 6.07 Å². The molecule has 3 N–H and O–H groups in total. The maximum absolute atomic E-state index is 11.8. The molecule has 0 saturated heterocycles. The molecule has 0 radical (unpaired) electrons. The van der Waals surface area contributed by atoms with Crippen LogP contribution < -0.4 is 11.1 Å². The number of carbonyl (C=O) groups excluding carboxylic acids is 1. The summed E-state index contributed by atoms with van der Waals surface area (Å²) < 4.78 is 1.72. The van der Waals surface area contributed by atoms with Gasteiger partial charge in [0, 0.05) is 31.0 Å². The highest BCUT2D eigenvalue weighted by atomic mass is 35.5. The van der Waals surface area contributed by atoms with E-state index in [0.717, 1.165) is 0 Å². The van der Waals surface area contributed by atoms with Crippen LogP contribution in [-0.2, 0) is 11.3 Å². The lowest BCUT2D eigenvalue weighted by atomic mass is 10.2. The van der Waals surface area contributed by atoms with Crippen molar-refractivity contribution in [2.45, 2.75) is 19.4 Å². The van der Waals surface area contributed by atoms with E-state index in [0.29, 0.717) is 41.6 Å². The van der Waals surface area contributed by atoms with Gasteiger partial charge in [-0.1, -0.05) is 11.6 Å². The van der Waals surface area contributed by atoms with Crippen molar-refractivity contribution >= 4 is 28.9 Å². The number of nitrogens with two attached hydrogens (primary N) is 1. The molecule has 2 rings (SSSR count). The first-order chi connectivity index (χ1) is 10.1. The number of imidazole rings is 1. The number of aromatic nitrogens is 2. The predicted octanol–water partition coefficient (Wildman–Crippen LogP) is 2.41. The maximum atomic E-state index is 11.8. The Morgan fingerprint density at radius 3 is 3.05 bits per heavy atom. The monoisotopic (exact) mass is 303 g/mol. The quantitative estimate of drug-likeness (QED) is 0.829. The molecule has 1 aromatic carbocycles. The number of nitrogens with one attached hydrogen (secondary N) is 1. The van der Waals surface area contributed by atoms with E-state index in [-0.39, 0.29) is 5.91 Å². The predicted molar refractivity (Wildman–Crippen MR) is 80.7 cm³/mol. The van der Waals surface area contributed by atoms with E-state index in [1.165, 1.54) is 0 Å². The molecule has 108 valence electrons. The van der Waals surface area contributed by atoms with Gasteiger partial charge >= 0.3 is 0 Å². The fourth-order valence-corrected chi connectivity index (χ4v) is 1.98. The third-order valence-electron chi connectivity index (χ3n) is 2.90. The normalized spacial score (nSPS) is 10.1. The molecule has 0 unspecified atom stereocenters. The zero-order chi connectivity index (χ0) is 15.2. The van der Waals surface area contributed by atoms with Crippen LogP contribution in [0.5, 0.6) is 0 Å². The number of benzene rings is 1. The summed E-state index contributed by atoms with van der Waals surface area (Å²) in [5.41, 5.74) is 6.70. The summed E-state index contributed by atoms with van der Waals surface area (Å²) in [6.45, 7) is 0.569. The van der Waals surface area contributed by atoms with Crippen molar-refractivity contribution in [2.75, 3.05) is 11.1 Å². The van der Waals surface area contributed by atoms with Crippen molar-refractivity contribution in [2.24, 2.45) is 0 Å². The van der Waals surface area contributed by atoms with Gasteiger partial charge in [0.15, 0.2) is 0 Å². The lowest BCUT2D eigenvalue weighted by molar-refractivity contribution is -0.116. The van der Waals surface area contributed by atoms with E-state index in [1.54, 1.807) is 35.2 Å². The Balaban J connectivity index is 1.82. The molecule has 1 heterocycles. The van der Waals surface area contributed by atoms with Crippen molar-refractivity contribution in [3.05, 3.63) is 41.4 Å². The first kappa shape index (κ1) is 14.9. The number of hydrogen-bond acceptors (Lipinski definition) is 4. The lowest BCUT2D eigenvalue weighted by Gasteiger charge is -2.07. The average molecular weight is 304 g/mol. The van der Waals surface area contributed by atoms with E-state index >= 15 is 0 Å². The summed E-state index contributed by atoms with van der Waals surface area (Å²) in [5.74, 6) is 0.233. The van der Waals surface area contributed by atoms with Gasteiger partial charge in [0.25, 0.3) is 0 Å². The van der Waals surface area contributed by atoms with Crippen LogP contribution in [0.1, 0.15) is 18.7 Å². The smallest absolute Gasteiger partial charge is 0.224 e. The van der Waals surface area contributed by atoms with Gasteiger partial charge in [-0.2, -0.15) is 5.26 Å². The molecule has 1 aromatic heterocycles. The second-order valence-corrected chi connectivity index (χ2v) is 4.85. The lowest BCUT2D eigenvalue weighted by Crippen LogP contribution is -2.12. The first-order valence-electron chi connectivity index (χ1n) is 6.36. The van der Waals surface area contributed by atoms with Gasteiger partial charge < -0.3 is 15.6 Å². The minimum atomic E-state index is -0.115. The molecule has 0 fully saturated rings. The molecule has 0 spiro atoms. The number of rotatable bonds is 5. The summed E-state index contributed by atoms with van der Waals surface area (Å²) in [6, 6.07) is 6.94. The summed E-state index contributed by atoms with van der Waals surface area (Å²) in [7, 11) is 0. The SMILES string of the molecule is N#Cc1nccn1CCCC(=O)Nc1ccc(Cl)c(N)c1. The van der Waals surface area contributed by atoms with Crippen LogP contribution in [0.3, 0.4) is 0 Å². The fraction of sp³-hybridized carbons (Fsp3) is 0.214. The van der Waals surface area contributed by atoms with Gasteiger partial charge in [-0.25, -0.2) is 4.98 Å². The molecule has 6 nitrogen and oxygen atoms in total. The Bertz CT molecular complexity index is 689. The number of nitrogens with zero attached hydrogens (tertiary/aromatic N) is 3. The summed E-state index contributed by atoms with van der Waals surface area (Å²) >= 11 is 5.81. The Morgan fingerprint density at radius 1 is 1.52 bits per heavy atom. The van der Waals surface area contributed by atoms with Crippen LogP contribution in [0.15, 0.2) is 30.6 Å². The van der Waals surface area contributed by atoms with Gasteiger partial charge in [0.05, 0.1) is 10.7 Å². The van der Waals surface area contributed by atoms with Crippen molar-refractivity contribution in [3.63, 3.8) is 0 Å². The fourth-order valence-electron chi connectivity index (χ4n) is 1.86. The first-order valence-corrected chi connectivity index (χ1v) is 6.74. The minimum Gasteiger partial charge on any atom is -0.397 e. The molecule has 0 aliphatic carbocycles. The topological polar surface area (TPSA) is 96.7 Å². The van der Waals surface area contributed by atoms with E-state index in [2.05, 4.69) is 10.3 Å². The van der Waals surface area contributed by atoms with E-state index in [4.69, 9.17) is 22.6 Å². The molecular formula is C14H14ClN5O. The van der Waals surface area contributed by atoms with Gasteiger partial charge in [-0.15, -0.1) is 0 Å². The van der Waals surface area contributed by atoms with Crippen molar-refractivity contribution in [3.8, 4) is 6.07 Å². The van der Waals surface area contributed by atoms with Gasteiger partial charge in [0.2, 0.25) is 11.7 Å². The number of amides is 1. The second kappa shape index (κ2) is 6.77. The highest BCUT2D eigenvalue weighted by Crippen LogP contribution is 2.22. The zero-order valence-electron chi connectivity index (χ0n) is 11.2. The summed E-state index contributed by atoms with van der Waals surface area (Å²) in [6.07, 6.45) is 4.23. The van der Waals surface area contributed by atoms with Crippen molar-refractivity contribution < 1.29 is 4.79 Å². The van der Waals surface area contributed by atoms with Crippen LogP contribution in [0.4, 0.5) is 11.4 Å². The van der Waals surface area contributed by atoms with Crippen LogP contribution in [-0.4, -0.2) is 15.5 Å².